The van der Waals surface area contributed by atoms with E-state index in [1.165, 1.54) is 36.5 Å². The number of anilines is 4. The van der Waals surface area contributed by atoms with E-state index in [1.54, 1.807) is 19.1 Å². The van der Waals surface area contributed by atoms with E-state index >= 15 is 0 Å². The summed E-state index contributed by atoms with van der Waals surface area (Å²) in [6, 6.07) is 15.2. The van der Waals surface area contributed by atoms with Gasteiger partial charge >= 0.3 is 0 Å². The van der Waals surface area contributed by atoms with Crippen LogP contribution >= 0.6 is 11.3 Å². The Kier molecular flexibility index (Phi) is 5.93. The second-order valence-electron chi connectivity index (χ2n) is 6.87. The number of nitrogens with one attached hydrogen (secondary N) is 3. The fraction of sp³-hybridized carbons (Fsp3) is 0.0952. The van der Waals surface area contributed by atoms with E-state index in [1.807, 2.05) is 29.6 Å². The van der Waals surface area contributed by atoms with Gasteiger partial charge in [-0.05, 0) is 43.3 Å². The third kappa shape index (κ3) is 5.13. The fourth-order valence-electron chi connectivity index (χ4n) is 2.84. The lowest BCUT2D eigenvalue weighted by atomic mass is 10.1. The number of hydrogen-bond donors (Lipinski definition) is 3. The molecular formula is C21H19N5O4S2. The Morgan fingerprint density at radius 3 is 2.34 bits per heavy atom. The van der Waals surface area contributed by atoms with Crippen LogP contribution in [0, 0.1) is 6.92 Å². The van der Waals surface area contributed by atoms with E-state index in [2.05, 4.69) is 25.5 Å². The molecule has 0 aliphatic heterocycles. The summed E-state index contributed by atoms with van der Waals surface area (Å²) in [6.45, 7) is 3.14. The topological polar surface area (TPSA) is 126 Å². The first-order chi connectivity index (χ1) is 15.3. The molecule has 2 aromatic heterocycles. The van der Waals surface area contributed by atoms with E-state index in [4.69, 9.17) is 4.52 Å². The molecule has 11 heteroatoms. The van der Waals surface area contributed by atoms with Gasteiger partial charge in [-0.3, -0.25) is 9.52 Å². The lowest BCUT2D eigenvalue weighted by Gasteiger charge is -2.07. The minimum atomic E-state index is -3.77. The molecule has 0 radical (unpaired) electrons. The Bertz CT molecular complexity index is 1340. The van der Waals surface area contributed by atoms with Crippen molar-refractivity contribution in [2.45, 2.75) is 18.7 Å². The van der Waals surface area contributed by atoms with Gasteiger partial charge in [0.2, 0.25) is 5.91 Å². The largest absolute Gasteiger partial charge is 0.360 e. The van der Waals surface area contributed by atoms with Crippen molar-refractivity contribution in [1.29, 1.82) is 0 Å². The smallest absolute Gasteiger partial charge is 0.263 e. The molecule has 0 spiro atoms. The van der Waals surface area contributed by atoms with Gasteiger partial charge < -0.3 is 15.2 Å². The highest BCUT2D eigenvalue weighted by molar-refractivity contribution is 7.92. The molecule has 4 rings (SSSR count). The van der Waals surface area contributed by atoms with Gasteiger partial charge in [0.1, 0.15) is 5.76 Å². The molecule has 2 aromatic carbocycles. The first-order valence-corrected chi connectivity index (χ1v) is 11.8. The minimum absolute atomic E-state index is 0.0998. The monoisotopic (exact) mass is 469 g/mol. The van der Waals surface area contributed by atoms with Crippen LogP contribution in [0.1, 0.15) is 12.7 Å². The van der Waals surface area contributed by atoms with Gasteiger partial charge in [-0.2, -0.15) is 0 Å². The zero-order valence-electron chi connectivity index (χ0n) is 17.1. The van der Waals surface area contributed by atoms with E-state index in [0.29, 0.717) is 16.6 Å². The standard InChI is InChI=1S/C21H19N5O4S2/c1-13-11-20(25-30-13)26-32(28,29)18-9-7-17(8-10-18)23-21-24-19(12-31-21)15-3-5-16(6-4-15)22-14(2)27/h3-12H,1-2H3,(H,22,27)(H,23,24)(H,25,26). The molecule has 0 saturated heterocycles. The first-order valence-electron chi connectivity index (χ1n) is 9.45. The van der Waals surface area contributed by atoms with Crippen molar-refractivity contribution >= 4 is 49.6 Å². The summed E-state index contributed by atoms with van der Waals surface area (Å²) in [5.41, 5.74) is 3.12. The minimum Gasteiger partial charge on any atom is -0.360 e. The summed E-state index contributed by atoms with van der Waals surface area (Å²) in [5, 5.41) is 12.1. The van der Waals surface area contributed by atoms with E-state index in [0.717, 1.165) is 16.9 Å². The van der Waals surface area contributed by atoms with Crippen molar-refractivity contribution in [1.82, 2.24) is 10.1 Å². The van der Waals surface area contributed by atoms with Crippen molar-refractivity contribution in [2.75, 3.05) is 15.4 Å². The number of carbonyl (C=O) groups is 1. The molecule has 2 heterocycles. The zero-order valence-corrected chi connectivity index (χ0v) is 18.8. The van der Waals surface area contributed by atoms with Gasteiger partial charge in [0.25, 0.3) is 10.0 Å². The molecule has 1 amide bonds. The average Bonchev–Trinajstić information content (AvgIpc) is 3.37. The predicted octanol–water partition coefficient (Wildman–Crippen LogP) is 4.61. The Labute approximate surface area is 188 Å². The van der Waals surface area contributed by atoms with E-state index < -0.39 is 10.0 Å². The van der Waals surface area contributed by atoms with Gasteiger partial charge in [-0.1, -0.05) is 17.3 Å². The lowest BCUT2D eigenvalue weighted by Crippen LogP contribution is -2.13. The molecule has 0 saturated carbocycles. The Hall–Kier alpha value is -3.70. The molecule has 4 aromatic rings. The number of nitrogens with zero attached hydrogens (tertiary/aromatic N) is 2. The maximum Gasteiger partial charge on any atom is 0.263 e. The zero-order chi connectivity index (χ0) is 22.7. The second-order valence-corrected chi connectivity index (χ2v) is 9.41. The molecule has 9 nitrogen and oxygen atoms in total. The summed E-state index contributed by atoms with van der Waals surface area (Å²) >= 11 is 1.43. The highest BCUT2D eigenvalue weighted by Gasteiger charge is 2.16. The van der Waals surface area contributed by atoms with Crippen LogP contribution in [0.25, 0.3) is 11.3 Å². The Morgan fingerprint density at radius 2 is 1.72 bits per heavy atom. The first kappa shape index (κ1) is 21.5. The predicted molar refractivity (Wildman–Crippen MR) is 124 cm³/mol. The summed E-state index contributed by atoms with van der Waals surface area (Å²) in [7, 11) is -3.77. The Morgan fingerprint density at radius 1 is 1.03 bits per heavy atom. The molecule has 32 heavy (non-hydrogen) atoms. The van der Waals surface area contributed by atoms with Crippen molar-refractivity contribution in [3.05, 3.63) is 65.7 Å². The van der Waals surface area contributed by atoms with Gasteiger partial charge in [-0.25, -0.2) is 13.4 Å². The quantitative estimate of drug-likeness (QED) is 0.361. The number of sulfonamides is 1. The van der Waals surface area contributed by atoms with Crippen LogP contribution in [0.4, 0.5) is 22.3 Å². The van der Waals surface area contributed by atoms with Crippen LogP contribution in [0.2, 0.25) is 0 Å². The van der Waals surface area contributed by atoms with Crippen LogP contribution in [0.15, 0.2) is 69.4 Å². The highest BCUT2D eigenvalue weighted by atomic mass is 32.2. The highest BCUT2D eigenvalue weighted by Crippen LogP contribution is 2.28. The van der Waals surface area contributed by atoms with Crippen LogP contribution in [0.3, 0.4) is 0 Å². The molecule has 0 fully saturated rings. The van der Waals surface area contributed by atoms with Crippen molar-refractivity contribution in [3.63, 3.8) is 0 Å². The number of hydrogen-bond acceptors (Lipinski definition) is 8. The molecule has 0 atom stereocenters. The molecule has 164 valence electrons. The average molecular weight is 470 g/mol. The number of aryl methyl sites for hydroxylation is 1. The van der Waals surface area contributed by atoms with Crippen LogP contribution in [0.5, 0.6) is 0 Å². The number of thiazole rings is 1. The van der Waals surface area contributed by atoms with Gasteiger partial charge in [0.05, 0.1) is 10.6 Å². The number of aromatic nitrogens is 2. The summed E-state index contributed by atoms with van der Waals surface area (Å²) in [6.07, 6.45) is 0. The molecule has 3 N–H and O–H groups in total. The number of amides is 1. The summed E-state index contributed by atoms with van der Waals surface area (Å²) < 4.78 is 32.2. The van der Waals surface area contributed by atoms with E-state index in [-0.39, 0.29) is 16.6 Å². The SMILES string of the molecule is CC(=O)Nc1ccc(-c2csc(Nc3ccc(S(=O)(=O)Nc4cc(C)on4)cc3)n2)cc1. The van der Waals surface area contributed by atoms with Crippen LogP contribution in [-0.4, -0.2) is 24.5 Å². The van der Waals surface area contributed by atoms with Crippen LogP contribution < -0.4 is 15.4 Å². The molecule has 0 aliphatic carbocycles. The van der Waals surface area contributed by atoms with Gasteiger partial charge in [-0.15, -0.1) is 11.3 Å². The number of rotatable bonds is 7. The molecule has 0 aliphatic rings. The molecular weight excluding hydrogens is 450 g/mol. The Balaban J connectivity index is 1.43. The summed E-state index contributed by atoms with van der Waals surface area (Å²) in [5.74, 6) is 0.514. The van der Waals surface area contributed by atoms with E-state index in [9.17, 15) is 13.2 Å². The van der Waals surface area contributed by atoms with Crippen molar-refractivity contribution < 1.29 is 17.7 Å². The second kappa shape index (κ2) is 8.81. The normalized spacial score (nSPS) is 11.2. The van der Waals surface area contributed by atoms with Crippen LogP contribution in [-0.2, 0) is 14.8 Å². The fourth-order valence-corrected chi connectivity index (χ4v) is 4.57. The molecule has 0 unspecified atom stereocenters. The van der Waals surface area contributed by atoms with Crippen molar-refractivity contribution in [3.8, 4) is 11.3 Å². The number of benzene rings is 2. The molecule has 0 bridgehead atoms. The van der Waals surface area contributed by atoms with Gasteiger partial charge in [0.15, 0.2) is 10.9 Å². The maximum atomic E-state index is 12.5. The maximum absolute atomic E-state index is 12.5. The third-order valence-corrected chi connectivity index (χ3v) is 6.42. The summed E-state index contributed by atoms with van der Waals surface area (Å²) in [4.78, 5) is 15.8. The van der Waals surface area contributed by atoms with Crippen molar-refractivity contribution in [2.24, 2.45) is 0 Å². The third-order valence-electron chi connectivity index (χ3n) is 4.29. The lowest BCUT2D eigenvalue weighted by molar-refractivity contribution is -0.114. The van der Waals surface area contributed by atoms with Gasteiger partial charge in [0, 0.05) is 35.3 Å². The number of carbonyl (C=O) groups excluding carboxylic acids is 1.